The molecule has 6 N–H and O–H groups in total. The van der Waals surface area contributed by atoms with E-state index in [0.29, 0.717) is 19.3 Å². The monoisotopic (exact) mass is 606 g/mol. The maximum atomic E-state index is 13.7. The van der Waals surface area contributed by atoms with Crippen molar-refractivity contribution < 1.29 is 44.9 Å². The minimum absolute atomic E-state index is 0.0472. The van der Waals surface area contributed by atoms with Crippen molar-refractivity contribution in [1.29, 1.82) is 0 Å². The lowest BCUT2D eigenvalue weighted by atomic mass is 9.47. The predicted molar refractivity (Wildman–Crippen MR) is 159 cm³/mol. The highest BCUT2D eigenvalue weighted by atomic mass is 16.7. The molecular formula is C34H54O9. The van der Waals surface area contributed by atoms with E-state index in [4.69, 9.17) is 9.47 Å². The zero-order valence-electron chi connectivity index (χ0n) is 26.6. The number of carbonyl (C=O) groups excluding carboxylic acids is 1. The van der Waals surface area contributed by atoms with Gasteiger partial charge in [-0.25, -0.2) is 0 Å². The zero-order chi connectivity index (χ0) is 31.6. The molecule has 43 heavy (non-hydrogen) atoms. The lowest BCUT2D eigenvalue weighted by Crippen LogP contribution is -2.60. The van der Waals surface area contributed by atoms with E-state index in [-0.39, 0.29) is 52.1 Å². The fourth-order valence-electron chi connectivity index (χ4n) is 9.43. The molecule has 0 aromatic rings. The molecule has 0 unspecified atom stereocenters. The van der Waals surface area contributed by atoms with Crippen LogP contribution in [0.1, 0.15) is 80.1 Å². The molecule has 3 saturated carbocycles. The summed E-state index contributed by atoms with van der Waals surface area (Å²) in [5.74, 6) is 0.134. The molecule has 1 heterocycles. The number of ether oxygens (including phenoxy) is 2. The molecule has 0 aromatic carbocycles. The van der Waals surface area contributed by atoms with Crippen LogP contribution in [-0.2, 0) is 14.3 Å². The maximum absolute atomic E-state index is 13.7. The van der Waals surface area contributed by atoms with E-state index in [1.165, 1.54) is 0 Å². The molecule has 1 saturated heterocycles. The SMILES string of the molecule is C[C@H](C=C[C@H](C)C(C)(C)O)[C@H]1C[C@H](O[C@@H]2O[C@H](CO)[C@@H](O)[C@H](O)[C@H]2O)[C@H]2C3=CC(=O)[C@H]4C[C@@H](O)CC[C@]4(C)[C@H]3CC[C@]12C. The topological polar surface area (TPSA) is 157 Å². The van der Waals surface area contributed by atoms with Crippen LogP contribution in [-0.4, -0.2) is 91.5 Å². The van der Waals surface area contributed by atoms with Crippen LogP contribution in [0.3, 0.4) is 0 Å². The molecule has 9 nitrogen and oxygen atoms in total. The summed E-state index contributed by atoms with van der Waals surface area (Å²) in [5.41, 5.74) is -0.244. The molecule has 0 bridgehead atoms. The van der Waals surface area contributed by atoms with Crippen molar-refractivity contribution >= 4 is 5.78 Å². The van der Waals surface area contributed by atoms with Gasteiger partial charge in [-0.2, -0.15) is 0 Å². The first-order valence-corrected chi connectivity index (χ1v) is 16.3. The highest BCUT2D eigenvalue weighted by Crippen LogP contribution is 2.67. The van der Waals surface area contributed by atoms with E-state index in [2.05, 4.69) is 32.9 Å². The lowest BCUT2D eigenvalue weighted by molar-refractivity contribution is -0.314. The molecule has 0 spiro atoms. The lowest BCUT2D eigenvalue weighted by Gasteiger charge is -2.57. The van der Waals surface area contributed by atoms with Crippen LogP contribution in [0.15, 0.2) is 23.8 Å². The van der Waals surface area contributed by atoms with E-state index in [1.807, 2.05) is 13.0 Å². The molecule has 4 aliphatic carbocycles. The molecule has 0 aromatic heterocycles. The Hall–Kier alpha value is -1.17. The Morgan fingerprint density at radius 3 is 2.33 bits per heavy atom. The van der Waals surface area contributed by atoms with Gasteiger partial charge in [0.05, 0.1) is 24.4 Å². The fourth-order valence-corrected chi connectivity index (χ4v) is 9.43. The van der Waals surface area contributed by atoms with Gasteiger partial charge in [0, 0.05) is 17.8 Å². The molecule has 0 radical (unpaired) electrons. The smallest absolute Gasteiger partial charge is 0.186 e. The summed E-state index contributed by atoms with van der Waals surface area (Å²) in [6.07, 6.45) is 2.82. The van der Waals surface area contributed by atoms with Crippen molar-refractivity contribution in [2.75, 3.05) is 6.61 Å². The molecule has 4 fully saturated rings. The molecule has 15 atom stereocenters. The number of rotatable bonds is 7. The van der Waals surface area contributed by atoms with Crippen molar-refractivity contribution in [3.05, 3.63) is 23.8 Å². The Morgan fingerprint density at radius 1 is 1.00 bits per heavy atom. The highest BCUT2D eigenvalue weighted by molar-refractivity contribution is 5.94. The third kappa shape index (κ3) is 5.71. The van der Waals surface area contributed by atoms with Crippen LogP contribution in [0.5, 0.6) is 0 Å². The Balaban J connectivity index is 1.51. The quantitative estimate of drug-likeness (QED) is 0.240. The zero-order valence-corrected chi connectivity index (χ0v) is 26.6. The number of allylic oxidation sites excluding steroid dienone is 2. The fraction of sp³-hybridized carbons (Fsp3) is 0.853. The van der Waals surface area contributed by atoms with Gasteiger partial charge in [-0.15, -0.1) is 0 Å². The second kappa shape index (κ2) is 11.9. The minimum Gasteiger partial charge on any atom is -0.394 e. The summed E-state index contributed by atoms with van der Waals surface area (Å²) in [4.78, 5) is 13.7. The first-order valence-electron chi connectivity index (χ1n) is 16.3. The van der Waals surface area contributed by atoms with Crippen molar-refractivity contribution in [2.45, 2.75) is 129 Å². The third-order valence-corrected chi connectivity index (χ3v) is 12.5. The summed E-state index contributed by atoms with van der Waals surface area (Å²) >= 11 is 0. The van der Waals surface area contributed by atoms with E-state index in [0.717, 1.165) is 24.8 Å². The van der Waals surface area contributed by atoms with Crippen LogP contribution in [0.4, 0.5) is 0 Å². The van der Waals surface area contributed by atoms with Crippen molar-refractivity contribution in [3.8, 4) is 0 Å². The largest absolute Gasteiger partial charge is 0.394 e. The van der Waals surface area contributed by atoms with Crippen LogP contribution in [0.25, 0.3) is 0 Å². The number of aliphatic hydroxyl groups excluding tert-OH is 5. The standard InChI is InChI=1S/C34H54O9/c1-17(7-8-18(2)32(3,4)41)22-15-25(42-31-30(40)29(39)28(38)26(16-35)43-31)27-20-14-24(37)23-13-19(36)9-11-33(23,5)21(20)10-12-34(22,27)6/h7-8,14,17-19,21-23,25-31,35-36,38-41H,9-13,15-16H2,1-6H3/t17-,18+,19+,21+,22-,23-,25+,26-,27-,28-,29+,30-,31-,33-,34-/m1/s1. The van der Waals surface area contributed by atoms with Crippen LogP contribution < -0.4 is 0 Å². The van der Waals surface area contributed by atoms with Gasteiger partial charge in [0.15, 0.2) is 12.1 Å². The predicted octanol–water partition coefficient (Wildman–Crippen LogP) is 2.50. The Kier molecular flexibility index (Phi) is 9.18. The minimum atomic E-state index is -1.53. The van der Waals surface area contributed by atoms with Crippen molar-refractivity contribution in [2.24, 2.45) is 46.3 Å². The summed E-state index contributed by atoms with van der Waals surface area (Å²) in [6.45, 7) is 11.7. The average Bonchev–Trinajstić information content (AvgIpc) is 3.24. The average molecular weight is 607 g/mol. The Bertz CT molecular complexity index is 1100. The van der Waals surface area contributed by atoms with Crippen molar-refractivity contribution in [3.63, 3.8) is 0 Å². The third-order valence-electron chi connectivity index (χ3n) is 12.5. The van der Waals surface area contributed by atoms with E-state index in [9.17, 15) is 35.4 Å². The molecule has 5 rings (SSSR count). The van der Waals surface area contributed by atoms with E-state index < -0.39 is 55.1 Å². The van der Waals surface area contributed by atoms with Crippen molar-refractivity contribution in [1.82, 2.24) is 0 Å². The van der Waals surface area contributed by atoms with Crippen LogP contribution in [0, 0.1) is 46.3 Å². The molecule has 9 heteroatoms. The van der Waals surface area contributed by atoms with Crippen LogP contribution in [0.2, 0.25) is 0 Å². The van der Waals surface area contributed by atoms with Gasteiger partial charge in [-0.1, -0.05) is 45.4 Å². The van der Waals surface area contributed by atoms with Gasteiger partial charge in [0.2, 0.25) is 0 Å². The van der Waals surface area contributed by atoms with Gasteiger partial charge in [0.1, 0.15) is 24.4 Å². The van der Waals surface area contributed by atoms with Gasteiger partial charge < -0.3 is 40.1 Å². The summed E-state index contributed by atoms with van der Waals surface area (Å²) in [5, 5.41) is 62.4. The molecule has 0 amide bonds. The summed E-state index contributed by atoms with van der Waals surface area (Å²) in [7, 11) is 0. The van der Waals surface area contributed by atoms with Gasteiger partial charge in [-0.05, 0) is 87.0 Å². The summed E-state index contributed by atoms with van der Waals surface area (Å²) in [6, 6.07) is 0. The Labute approximate surface area is 256 Å². The van der Waals surface area contributed by atoms with E-state index in [1.54, 1.807) is 13.8 Å². The second-order valence-electron chi connectivity index (χ2n) is 15.5. The Morgan fingerprint density at radius 2 is 1.67 bits per heavy atom. The maximum Gasteiger partial charge on any atom is 0.186 e. The number of hydrogen-bond acceptors (Lipinski definition) is 9. The van der Waals surface area contributed by atoms with Gasteiger partial charge in [-0.3, -0.25) is 4.79 Å². The van der Waals surface area contributed by atoms with Crippen LogP contribution >= 0.6 is 0 Å². The molecule has 244 valence electrons. The molecular weight excluding hydrogens is 552 g/mol. The number of carbonyl (C=O) groups is 1. The molecule has 5 aliphatic rings. The van der Waals surface area contributed by atoms with Gasteiger partial charge >= 0.3 is 0 Å². The molecule has 1 aliphatic heterocycles. The summed E-state index contributed by atoms with van der Waals surface area (Å²) < 4.78 is 12.4. The first-order chi connectivity index (χ1) is 20.0. The second-order valence-corrected chi connectivity index (χ2v) is 15.5. The normalized spacial score (nSPS) is 48.3. The van der Waals surface area contributed by atoms with Gasteiger partial charge in [0.25, 0.3) is 0 Å². The number of hydrogen-bond donors (Lipinski definition) is 6. The number of ketones is 1. The number of aliphatic hydroxyl groups is 6. The van der Waals surface area contributed by atoms with E-state index >= 15 is 0 Å². The first kappa shape index (κ1) is 33.2. The highest BCUT2D eigenvalue weighted by Gasteiger charge is 2.63. The number of fused-ring (bicyclic) bond motifs is 5.